The summed E-state index contributed by atoms with van der Waals surface area (Å²) >= 11 is 0. The molecule has 3 heterocycles. The number of nitrogen functional groups attached to an aromatic ring is 1. The van der Waals surface area contributed by atoms with E-state index in [1.165, 1.54) is 0 Å². The number of aromatic nitrogens is 6. The third kappa shape index (κ3) is 3.85. The molecule has 3 aromatic heterocycles. The lowest BCUT2D eigenvalue weighted by molar-refractivity contribution is 0.249. The Kier molecular flexibility index (Phi) is 5.16. The molecule has 5 rings (SSSR count). The van der Waals surface area contributed by atoms with Crippen LogP contribution in [0.15, 0.2) is 60.8 Å². The van der Waals surface area contributed by atoms with E-state index in [-0.39, 0.29) is 12.1 Å². The van der Waals surface area contributed by atoms with Gasteiger partial charge in [0, 0.05) is 23.4 Å². The second-order valence-corrected chi connectivity index (χ2v) is 7.52. The van der Waals surface area contributed by atoms with Crippen molar-refractivity contribution in [2.45, 2.75) is 25.3 Å². The van der Waals surface area contributed by atoms with Crippen LogP contribution in [0.1, 0.15) is 19.3 Å². The Hall–Kier alpha value is -4.34. The molecule has 1 aliphatic rings. The van der Waals surface area contributed by atoms with Crippen LogP contribution in [0.4, 0.5) is 22.1 Å². The van der Waals surface area contributed by atoms with Gasteiger partial charge in [-0.05, 0) is 48.7 Å². The number of hydrogen-bond acceptors (Lipinski definition) is 7. The van der Waals surface area contributed by atoms with Crippen LogP contribution >= 0.6 is 0 Å². The molecule has 160 valence electrons. The monoisotopic (exact) mass is 427 g/mol. The van der Waals surface area contributed by atoms with Crippen LogP contribution in [0.3, 0.4) is 0 Å². The SMILES string of the molecule is Nc1ccc(-c2ccc(-c3nn[nH]n3)cc2)nc1N(C(=O)Nc1ccccn1)C1CCC1. The topological polar surface area (TPSA) is 139 Å². The first-order valence-corrected chi connectivity index (χ1v) is 10.3. The lowest BCUT2D eigenvalue weighted by Crippen LogP contribution is -2.47. The maximum Gasteiger partial charge on any atom is 0.328 e. The molecule has 4 aromatic rings. The standard InChI is InChI=1S/C22H21N9O/c23-17-11-12-18(14-7-9-15(10-8-14)20-27-29-30-28-20)25-21(17)31(16-4-3-5-16)22(32)26-19-6-1-2-13-24-19/h1-2,6-13,16H,3-5,23H2,(H,24,26,32)(H,27,28,29,30). The minimum Gasteiger partial charge on any atom is -0.396 e. The number of carbonyl (C=O) groups excluding carboxylic acids is 1. The maximum atomic E-state index is 13.2. The van der Waals surface area contributed by atoms with E-state index in [1.807, 2.05) is 36.4 Å². The lowest BCUT2D eigenvalue weighted by Gasteiger charge is -2.37. The fourth-order valence-electron chi connectivity index (χ4n) is 3.57. The number of carbonyl (C=O) groups is 1. The van der Waals surface area contributed by atoms with Gasteiger partial charge >= 0.3 is 6.03 Å². The van der Waals surface area contributed by atoms with E-state index in [0.29, 0.717) is 28.8 Å². The van der Waals surface area contributed by atoms with Gasteiger partial charge in [0.2, 0.25) is 5.82 Å². The summed E-state index contributed by atoms with van der Waals surface area (Å²) in [6.07, 6.45) is 4.50. The maximum absolute atomic E-state index is 13.2. The Morgan fingerprint density at radius 3 is 2.53 bits per heavy atom. The van der Waals surface area contributed by atoms with Crippen LogP contribution in [-0.4, -0.2) is 42.7 Å². The van der Waals surface area contributed by atoms with Gasteiger partial charge in [-0.3, -0.25) is 10.2 Å². The van der Waals surface area contributed by atoms with E-state index in [2.05, 4.69) is 30.9 Å². The summed E-state index contributed by atoms with van der Waals surface area (Å²) in [6, 6.07) is 16.4. The number of nitrogens with two attached hydrogens (primary N) is 1. The van der Waals surface area contributed by atoms with E-state index in [1.54, 1.807) is 29.3 Å². The molecule has 1 aromatic carbocycles. The smallest absolute Gasteiger partial charge is 0.328 e. The predicted molar refractivity (Wildman–Crippen MR) is 121 cm³/mol. The summed E-state index contributed by atoms with van der Waals surface area (Å²) in [5.41, 5.74) is 9.16. The molecule has 2 amide bonds. The van der Waals surface area contributed by atoms with E-state index in [9.17, 15) is 4.79 Å². The second kappa shape index (κ2) is 8.42. The van der Waals surface area contributed by atoms with Gasteiger partial charge in [0.15, 0.2) is 5.82 Å². The summed E-state index contributed by atoms with van der Waals surface area (Å²) in [7, 11) is 0. The Labute approximate surface area is 183 Å². The normalized spacial score (nSPS) is 13.4. The number of urea groups is 1. The van der Waals surface area contributed by atoms with Crippen molar-refractivity contribution >= 4 is 23.4 Å². The van der Waals surface area contributed by atoms with Crippen molar-refractivity contribution in [3.63, 3.8) is 0 Å². The number of H-pyrrole nitrogens is 1. The number of benzene rings is 1. The van der Waals surface area contributed by atoms with E-state index >= 15 is 0 Å². The van der Waals surface area contributed by atoms with Gasteiger partial charge < -0.3 is 5.73 Å². The molecule has 0 aliphatic heterocycles. The van der Waals surface area contributed by atoms with Crippen molar-refractivity contribution in [1.82, 2.24) is 30.6 Å². The largest absolute Gasteiger partial charge is 0.396 e. The van der Waals surface area contributed by atoms with Gasteiger partial charge in [-0.1, -0.05) is 30.3 Å². The highest BCUT2D eigenvalue weighted by molar-refractivity contribution is 6.03. The molecular weight excluding hydrogens is 406 g/mol. The number of anilines is 3. The molecule has 0 bridgehead atoms. The highest BCUT2D eigenvalue weighted by Gasteiger charge is 2.32. The molecule has 4 N–H and O–H groups in total. The van der Waals surface area contributed by atoms with Crippen molar-refractivity contribution in [1.29, 1.82) is 0 Å². The number of pyridine rings is 2. The molecule has 1 saturated carbocycles. The Morgan fingerprint density at radius 2 is 1.88 bits per heavy atom. The first kappa shape index (κ1) is 19.6. The van der Waals surface area contributed by atoms with Crippen molar-refractivity contribution in [2.24, 2.45) is 0 Å². The van der Waals surface area contributed by atoms with Gasteiger partial charge in [0.1, 0.15) is 5.82 Å². The third-order valence-electron chi connectivity index (χ3n) is 5.48. The van der Waals surface area contributed by atoms with Gasteiger partial charge in [-0.15, -0.1) is 10.2 Å². The fraction of sp³-hybridized carbons (Fsp3) is 0.182. The van der Waals surface area contributed by atoms with Crippen LogP contribution in [0.5, 0.6) is 0 Å². The zero-order chi connectivity index (χ0) is 21.9. The van der Waals surface area contributed by atoms with Crippen LogP contribution < -0.4 is 16.0 Å². The second-order valence-electron chi connectivity index (χ2n) is 7.52. The van der Waals surface area contributed by atoms with Crippen molar-refractivity contribution in [3.8, 4) is 22.6 Å². The molecule has 0 radical (unpaired) electrons. The number of hydrogen-bond donors (Lipinski definition) is 3. The fourth-order valence-corrected chi connectivity index (χ4v) is 3.57. The summed E-state index contributed by atoms with van der Waals surface area (Å²) < 4.78 is 0. The van der Waals surface area contributed by atoms with Crippen molar-refractivity contribution in [2.75, 3.05) is 16.0 Å². The quantitative estimate of drug-likeness (QED) is 0.443. The van der Waals surface area contributed by atoms with Gasteiger partial charge in [-0.25, -0.2) is 14.8 Å². The third-order valence-corrected chi connectivity index (χ3v) is 5.48. The number of aromatic amines is 1. The van der Waals surface area contributed by atoms with E-state index in [0.717, 1.165) is 30.4 Å². The van der Waals surface area contributed by atoms with Crippen molar-refractivity contribution < 1.29 is 4.79 Å². The molecule has 32 heavy (non-hydrogen) atoms. The highest BCUT2D eigenvalue weighted by atomic mass is 16.2. The number of amides is 2. The first-order valence-electron chi connectivity index (χ1n) is 10.3. The number of nitrogens with zero attached hydrogens (tertiary/aromatic N) is 6. The first-order chi connectivity index (χ1) is 15.7. The van der Waals surface area contributed by atoms with Gasteiger partial charge in [-0.2, -0.15) is 5.21 Å². The molecule has 0 saturated heterocycles. The molecule has 0 unspecified atom stereocenters. The Morgan fingerprint density at radius 1 is 1.06 bits per heavy atom. The average molecular weight is 427 g/mol. The van der Waals surface area contributed by atoms with Crippen LogP contribution in [0.25, 0.3) is 22.6 Å². The van der Waals surface area contributed by atoms with Gasteiger partial charge in [0.05, 0.1) is 11.4 Å². The predicted octanol–water partition coefficient (Wildman–Crippen LogP) is 3.50. The molecule has 10 heteroatoms. The molecule has 0 atom stereocenters. The zero-order valence-corrected chi connectivity index (χ0v) is 17.1. The van der Waals surface area contributed by atoms with Crippen molar-refractivity contribution in [3.05, 3.63) is 60.8 Å². The Bertz CT molecular complexity index is 1210. The summed E-state index contributed by atoms with van der Waals surface area (Å²) in [5.74, 6) is 1.45. The molecule has 1 aliphatic carbocycles. The van der Waals surface area contributed by atoms with E-state index < -0.39 is 0 Å². The number of nitrogens with one attached hydrogen (secondary N) is 2. The zero-order valence-electron chi connectivity index (χ0n) is 17.1. The van der Waals surface area contributed by atoms with Gasteiger partial charge in [0.25, 0.3) is 0 Å². The minimum absolute atomic E-state index is 0.0457. The average Bonchev–Trinajstić information content (AvgIpc) is 3.32. The minimum atomic E-state index is -0.294. The number of rotatable bonds is 5. The van der Waals surface area contributed by atoms with Crippen LogP contribution in [0, 0.1) is 0 Å². The summed E-state index contributed by atoms with van der Waals surface area (Å²) in [5, 5.41) is 16.9. The highest BCUT2D eigenvalue weighted by Crippen LogP contribution is 2.34. The van der Waals surface area contributed by atoms with E-state index in [4.69, 9.17) is 10.7 Å². The summed E-state index contributed by atoms with van der Waals surface area (Å²) in [6.45, 7) is 0. The molecule has 1 fully saturated rings. The lowest BCUT2D eigenvalue weighted by atomic mass is 9.91. The number of tetrazole rings is 1. The Balaban J connectivity index is 1.46. The molecule has 10 nitrogen and oxygen atoms in total. The molecular formula is C22H21N9O. The van der Waals surface area contributed by atoms with Crippen LogP contribution in [0.2, 0.25) is 0 Å². The molecule has 0 spiro atoms. The summed E-state index contributed by atoms with van der Waals surface area (Å²) in [4.78, 5) is 23.8. The van der Waals surface area contributed by atoms with Crippen LogP contribution in [-0.2, 0) is 0 Å².